The predicted octanol–water partition coefficient (Wildman–Crippen LogP) is 3.90. The van der Waals surface area contributed by atoms with Gasteiger partial charge in [0.25, 0.3) is 0 Å². The summed E-state index contributed by atoms with van der Waals surface area (Å²) in [6.07, 6.45) is 7.39. The van der Waals surface area contributed by atoms with Gasteiger partial charge in [0.05, 0.1) is 0 Å². The molecule has 36 heavy (non-hydrogen) atoms. The number of ether oxygens (including phenoxy) is 6. The van der Waals surface area contributed by atoms with Gasteiger partial charge in [0.2, 0.25) is 0 Å². The fourth-order valence-electron chi connectivity index (χ4n) is 3.40. The van der Waals surface area contributed by atoms with E-state index in [2.05, 4.69) is 0 Å². The second-order valence-electron chi connectivity index (χ2n) is 8.04. The summed E-state index contributed by atoms with van der Waals surface area (Å²) in [4.78, 5) is 25.0. The maximum atomic E-state index is 13.3. The Morgan fingerprint density at radius 2 is 1.78 bits per heavy atom. The lowest BCUT2D eigenvalue weighted by atomic mass is 9.98. The fraction of sp³-hybridized carbons (Fsp3) is 0.538. The van der Waals surface area contributed by atoms with E-state index in [0.29, 0.717) is 43.8 Å². The predicted molar refractivity (Wildman–Crippen MR) is 135 cm³/mol. The largest absolute Gasteiger partial charge is 0.467 e. The smallest absolute Gasteiger partial charge is 0.342 e. The molecule has 0 spiro atoms. The van der Waals surface area contributed by atoms with Crippen molar-refractivity contribution in [1.82, 2.24) is 0 Å². The van der Waals surface area contributed by atoms with Crippen LogP contribution in [0, 0.1) is 0 Å². The van der Waals surface area contributed by atoms with Crippen LogP contribution in [0.1, 0.15) is 49.5 Å². The molecule has 1 heterocycles. The van der Waals surface area contributed by atoms with E-state index in [1.54, 1.807) is 31.2 Å². The topological polar surface area (TPSA) is 116 Å². The van der Waals surface area contributed by atoms with Crippen LogP contribution in [0.5, 0.6) is 11.5 Å². The molecule has 9 nitrogen and oxygen atoms in total. The second-order valence-corrected chi connectivity index (χ2v) is 8.31. The Morgan fingerprint density at radius 3 is 2.47 bits per heavy atom. The summed E-state index contributed by atoms with van der Waals surface area (Å²) in [5.41, 5.74) is 7.24. The Hall–Kier alpha value is -2.59. The van der Waals surface area contributed by atoms with Crippen LogP contribution in [0.15, 0.2) is 36.4 Å². The normalized spacial score (nSPS) is 22.5. The van der Waals surface area contributed by atoms with Crippen molar-refractivity contribution in [2.75, 3.05) is 32.7 Å². The molecule has 1 unspecified atom stereocenters. The number of hydrogen-bond donors (Lipinski definition) is 1. The standard InChI is InChI=1S/C26H36ClNO8/c1-4-31-16-33-22-13-19-12-20(28)9-7-11-21(36-24(29)15-27)10-6-8-18(3)35-26(30)25(19)23(14-22)34-17-32-5-2/h6-7,9-10,13-14,18,20-21H,4-5,8,11-12,15-17,28H2,1-3H3/b9-7+,10-6+/t18-,20?,21-/m1/s1. The summed E-state index contributed by atoms with van der Waals surface area (Å²) in [7, 11) is 0. The number of halogens is 1. The molecule has 2 rings (SSSR count). The molecule has 1 aromatic carbocycles. The van der Waals surface area contributed by atoms with Crippen molar-refractivity contribution in [3.05, 3.63) is 47.6 Å². The Bertz CT molecular complexity index is 904. The van der Waals surface area contributed by atoms with Gasteiger partial charge >= 0.3 is 11.9 Å². The van der Waals surface area contributed by atoms with Crippen LogP contribution in [0.25, 0.3) is 0 Å². The van der Waals surface area contributed by atoms with Crippen LogP contribution in [-0.2, 0) is 30.2 Å². The van der Waals surface area contributed by atoms with E-state index in [1.807, 2.05) is 26.0 Å². The lowest BCUT2D eigenvalue weighted by Crippen LogP contribution is -2.24. The first-order chi connectivity index (χ1) is 17.4. The maximum absolute atomic E-state index is 13.3. The van der Waals surface area contributed by atoms with Crippen LogP contribution in [0.3, 0.4) is 0 Å². The number of cyclic esters (lactones) is 1. The number of hydrogen-bond acceptors (Lipinski definition) is 9. The van der Waals surface area contributed by atoms with E-state index < -0.39 is 30.2 Å². The van der Waals surface area contributed by atoms with Crippen LogP contribution in [-0.4, -0.2) is 62.9 Å². The number of fused-ring (bicyclic) bond motifs is 1. The van der Waals surface area contributed by atoms with E-state index in [-0.39, 0.29) is 30.8 Å². The molecule has 0 aliphatic carbocycles. The van der Waals surface area contributed by atoms with E-state index in [9.17, 15) is 9.59 Å². The Labute approximate surface area is 217 Å². The van der Waals surface area contributed by atoms with Crippen molar-refractivity contribution in [2.24, 2.45) is 5.73 Å². The number of carbonyl (C=O) groups excluding carboxylic acids is 2. The third-order valence-corrected chi connectivity index (χ3v) is 5.32. The van der Waals surface area contributed by atoms with Gasteiger partial charge in [-0.1, -0.05) is 18.2 Å². The molecule has 0 aromatic heterocycles. The van der Waals surface area contributed by atoms with E-state index in [0.717, 1.165) is 0 Å². The Kier molecular flexibility index (Phi) is 13.3. The van der Waals surface area contributed by atoms with E-state index in [1.165, 1.54) is 0 Å². The van der Waals surface area contributed by atoms with Gasteiger partial charge in [0.1, 0.15) is 35.2 Å². The molecular weight excluding hydrogens is 490 g/mol. The fourth-order valence-corrected chi connectivity index (χ4v) is 3.47. The molecule has 1 aliphatic rings. The monoisotopic (exact) mass is 525 g/mol. The lowest BCUT2D eigenvalue weighted by Gasteiger charge is -2.20. The number of carbonyl (C=O) groups is 2. The molecule has 10 heteroatoms. The number of esters is 2. The average molecular weight is 526 g/mol. The lowest BCUT2D eigenvalue weighted by molar-refractivity contribution is -0.143. The Balaban J connectivity index is 2.42. The summed E-state index contributed by atoms with van der Waals surface area (Å²) in [5.74, 6) is -0.566. The molecule has 0 radical (unpaired) electrons. The first kappa shape index (κ1) is 29.6. The summed E-state index contributed by atoms with van der Waals surface area (Å²) in [6.45, 7) is 6.43. The molecule has 0 amide bonds. The van der Waals surface area contributed by atoms with Crippen molar-refractivity contribution in [3.8, 4) is 11.5 Å². The number of benzene rings is 1. The van der Waals surface area contributed by atoms with Crippen molar-refractivity contribution in [2.45, 2.75) is 58.3 Å². The van der Waals surface area contributed by atoms with Gasteiger partial charge < -0.3 is 34.2 Å². The molecule has 0 fully saturated rings. The summed E-state index contributed by atoms with van der Waals surface area (Å²) >= 11 is 5.58. The van der Waals surface area contributed by atoms with Gasteiger partial charge in [-0.15, -0.1) is 11.6 Å². The van der Waals surface area contributed by atoms with Crippen molar-refractivity contribution in [1.29, 1.82) is 0 Å². The van der Waals surface area contributed by atoms with E-state index >= 15 is 0 Å². The SMILES string of the molecule is CCOCOc1cc2c(c(OCOCC)c1)C(=O)O[C@H](C)C/C=C/[C@@H](OC(=O)CCl)C/C=C/C(N)C2. The zero-order chi connectivity index (χ0) is 26.3. The third-order valence-electron chi connectivity index (χ3n) is 5.10. The van der Waals surface area contributed by atoms with Crippen LogP contribution in [0.2, 0.25) is 0 Å². The molecule has 0 bridgehead atoms. The molecule has 200 valence electrons. The highest BCUT2D eigenvalue weighted by Gasteiger charge is 2.24. The summed E-state index contributed by atoms with van der Waals surface area (Å²) < 4.78 is 33.2. The summed E-state index contributed by atoms with van der Waals surface area (Å²) in [5, 5.41) is 0. The average Bonchev–Trinajstić information content (AvgIpc) is 2.83. The molecule has 0 saturated carbocycles. The number of rotatable bonds is 10. The molecule has 1 aliphatic heterocycles. The molecule has 3 atom stereocenters. The van der Waals surface area contributed by atoms with Gasteiger partial charge in [0, 0.05) is 38.2 Å². The second kappa shape index (κ2) is 16.2. The maximum Gasteiger partial charge on any atom is 0.342 e. The van der Waals surface area contributed by atoms with Crippen molar-refractivity contribution in [3.63, 3.8) is 0 Å². The first-order valence-corrected chi connectivity index (χ1v) is 12.5. The van der Waals surface area contributed by atoms with Crippen LogP contribution in [0.4, 0.5) is 0 Å². The van der Waals surface area contributed by atoms with Crippen LogP contribution < -0.4 is 15.2 Å². The quantitative estimate of drug-likeness (QED) is 0.159. The van der Waals surface area contributed by atoms with Gasteiger partial charge in [0.15, 0.2) is 13.6 Å². The highest BCUT2D eigenvalue weighted by molar-refractivity contribution is 6.26. The zero-order valence-electron chi connectivity index (χ0n) is 21.1. The Morgan fingerprint density at radius 1 is 1.08 bits per heavy atom. The van der Waals surface area contributed by atoms with Crippen molar-refractivity contribution >= 4 is 23.5 Å². The van der Waals surface area contributed by atoms with Gasteiger partial charge in [-0.25, -0.2) is 4.79 Å². The van der Waals surface area contributed by atoms with Gasteiger partial charge in [-0.2, -0.15) is 0 Å². The molecular formula is C26H36ClNO8. The number of alkyl halides is 1. The highest BCUT2D eigenvalue weighted by atomic mass is 35.5. The molecule has 2 N–H and O–H groups in total. The van der Waals surface area contributed by atoms with Crippen molar-refractivity contribution < 1.29 is 38.0 Å². The first-order valence-electron chi connectivity index (χ1n) is 12.0. The molecule has 0 saturated heterocycles. The summed E-state index contributed by atoms with van der Waals surface area (Å²) in [6, 6.07) is 2.90. The minimum absolute atomic E-state index is 0.0439. The minimum Gasteiger partial charge on any atom is -0.467 e. The number of nitrogens with two attached hydrogens (primary N) is 1. The third kappa shape index (κ3) is 10.2. The van der Waals surface area contributed by atoms with Gasteiger partial charge in [-0.3, -0.25) is 4.79 Å². The van der Waals surface area contributed by atoms with Gasteiger partial charge in [-0.05, 0) is 44.9 Å². The molecule has 1 aromatic rings. The highest BCUT2D eigenvalue weighted by Crippen LogP contribution is 2.32. The minimum atomic E-state index is -0.549. The van der Waals surface area contributed by atoms with E-state index in [4.69, 9.17) is 45.8 Å². The van der Waals surface area contributed by atoms with Crippen LogP contribution >= 0.6 is 11.6 Å². The zero-order valence-corrected chi connectivity index (χ0v) is 21.8.